The molecule has 23 heavy (non-hydrogen) atoms. The normalized spacial score (nSPS) is 14.8. The summed E-state index contributed by atoms with van der Waals surface area (Å²) in [5.74, 6) is 0.568. The number of nitrogens with zero attached hydrogens (tertiary/aromatic N) is 3. The molecular weight excluding hydrogens is 378 g/mol. The molecule has 1 saturated heterocycles. The van der Waals surface area contributed by atoms with Gasteiger partial charge in [-0.3, -0.25) is 4.79 Å². The molecule has 0 radical (unpaired) electrons. The molecule has 0 spiro atoms. The lowest BCUT2D eigenvalue weighted by Gasteiger charge is -2.36. The molecule has 126 valence electrons. The molecular formula is C16H22BrN3O2S. The Hall–Kier alpha value is -1.21. The van der Waals surface area contributed by atoms with Crippen LogP contribution in [-0.2, 0) is 4.79 Å². The monoisotopic (exact) mass is 399 g/mol. The number of piperazine rings is 1. The summed E-state index contributed by atoms with van der Waals surface area (Å²) in [5.41, 5.74) is 1.17. The van der Waals surface area contributed by atoms with Gasteiger partial charge in [0.1, 0.15) is 0 Å². The molecule has 1 aromatic rings. The number of rotatable bonds is 3. The van der Waals surface area contributed by atoms with Crippen molar-refractivity contribution in [3.8, 4) is 0 Å². The lowest BCUT2D eigenvalue weighted by Crippen LogP contribution is -2.53. The fraction of sp³-hybridized carbons (Fsp3) is 0.500. The highest BCUT2D eigenvalue weighted by Gasteiger charge is 2.24. The van der Waals surface area contributed by atoms with Crippen molar-refractivity contribution in [2.45, 2.75) is 11.8 Å². The van der Waals surface area contributed by atoms with Crippen molar-refractivity contribution in [3.63, 3.8) is 0 Å². The maximum atomic E-state index is 12.3. The number of aryl methyl sites for hydroxylation is 1. The Bertz CT molecular complexity index is 587. The second kappa shape index (κ2) is 8.06. The number of carbonyl (C=O) groups is 2. The highest BCUT2D eigenvalue weighted by atomic mass is 79.9. The first-order chi connectivity index (χ1) is 10.9. The number of hydrogen-bond acceptors (Lipinski definition) is 3. The molecule has 5 nitrogen and oxygen atoms in total. The van der Waals surface area contributed by atoms with Gasteiger partial charge in [-0.05, 0) is 30.7 Å². The maximum absolute atomic E-state index is 12.3. The number of hydrogen-bond donors (Lipinski definition) is 0. The summed E-state index contributed by atoms with van der Waals surface area (Å²) in [6.45, 7) is 4.47. The number of urea groups is 1. The van der Waals surface area contributed by atoms with E-state index in [0.717, 1.165) is 9.37 Å². The molecule has 0 aliphatic carbocycles. The van der Waals surface area contributed by atoms with Gasteiger partial charge in [-0.2, -0.15) is 0 Å². The Morgan fingerprint density at radius 3 is 2.35 bits per heavy atom. The fourth-order valence-corrected chi connectivity index (χ4v) is 3.82. The third kappa shape index (κ3) is 4.88. The largest absolute Gasteiger partial charge is 0.338 e. The maximum Gasteiger partial charge on any atom is 0.319 e. The topological polar surface area (TPSA) is 43.9 Å². The number of benzene rings is 1. The highest BCUT2D eigenvalue weighted by Crippen LogP contribution is 2.25. The molecule has 7 heteroatoms. The third-order valence-electron chi connectivity index (χ3n) is 3.77. The van der Waals surface area contributed by atoms with Crippen LogP contribution in [0.1, 0.15) is 5.56 Å². The zero-order chi connectivity index (χ0) is 17.0. The van der Waals surface area contributed by atoms with E-state index in [1.54, 1.807) is 35.7 Å². The van der Waals surface area contributed by atoms with Crippen molar-refractivity contribution in [1.29, 1.82) is 0 Å². The van der Waals surface area contributed by atoms with Crippen LogP contribution in [0.5, 0.6) is 0 Å². The number of carbonyl (C=O) groups excluding carboxylic acids is 2. The van der Waals surface area contributed by atoms with E-state index < -0.39 is 0 Å². The van der Waals surface area contributed by atoms with Crippen molar-refractivity contribution in [2.24, 2.45) is 0 Å². The van der Waals surface area contributed by atoms with Crippen LogP contribution >= 0.6 is 27.7 Å². The summed E-state index contributed by atoms with van der Waals surface area (Å²) in [4.78, 5) is 30.6. The number of thioether (sulfide) groups is 1. The zero-order valence-electron chi connectivity index (χ0n) is 13.7. The molecule has 1 aliphatic rings. The van der Waals surface area contributed by atoms with Crippen molar-refractivity contribution < 1.29 is 9.59 Å². The van der Waals surface area contributed by atoms with E-state index in [9.17, 15) is 9.59 Å². The van der Waals surface area contributed by atoms with Gasteiger partial charge < -0.3 is 14.7 Å². The number of amides is 3. The van der Waals surface area contributed by atoms with Crippen LogP contribution in [0.25, 0.3) is 0 Å². The van der Waals surface area contributed by atoms with Gasteiger partial charge in [0, 0.05) is 49.6 Å². The highest BCUT2D eigenvalue weighted by molar-refractivity contribution is 9.10. The fourth-order valence-electron chi connectivity index (χ4n) is 2.44. The Kier molecular flexibility index (Phi) is 6.35. The van der Waals surface area contributed by atoms with Crippen molar-refractivity contribution in [1.82, 2.24) is 14.7 Å². The molecule has 1 aromatic carbocycles. The van der Waals surface area contributed by atoms with Crippen LogP contribution in [-0.4, -0.2) is 72.7 Å². The van der Waals surface area contributed by atoms with Crippen LogP contribution in [0.15, 0.2) is 27.6 Å². The molecule has 0 bridgehead atoms. The molecule has 0 N–H and O–H groups in total. The second-order valence-corrected chi connectivity index (χ2v) is 7.68. The molecule has 0 saturated carbocycles. The van der Waals surface area contributed by atoms with Crippen molar-refractivity contribution in [2.75, 3.05) is 46.0 Å². The first kappa shape index (κ1) is 18.1. The van der Waals surface area contributed by atoms with E-state index >= 15 is 0 Å². The quantitative estimate of drug-likeness (QED) is 0.733. The third-order valence-corrected chi connectivity index (χ3v) is 5.43. The molecule has 0 aromatic heterocycles. The van der Waals surface area contributed by atoms with Crippen LogP contribution < -0.4 is 0 Å². The molecule has 0 unspecified atom stereocenters. The van der Waals surface area contributed by atoms with E-state index in [1.807, 2.05) is 24.0 Å². The average Bonchev–Trinajstić information content (AvgIpc) is 2.53. The van der Waals surface area contributed by atoms with E-state index in [-0.39, 0.29) is 11.9 Å². The summed E-state index contributed by atoms with van der Waals surface area (Å²) in [7, 11) is 3.49. The SMILES string of the molecule is Cc1cc(Br)ccc1SCC(=O)N1CCN(C(=O)N(C)C)CC1. The summed E-state index contributed by atoms with van der Waals surface area (Å²) >= 11 is 5.01. The molecule has 3 amide bonds. The van der Waals surface area contributed by atoms with Gasteiger partial charge in [-0.15, -0.1) is 11.8 Å². The van der Waals surface area contributed by atoms with Gasteiger partial charge in [0.2, 0.25) is 5.91 Å². The van der Waals surface area contributed by atoms with E-state index in [4.69, 9.17) is 0 Å². The predicted octanol–water partition coefficient (Wildman–Crippen LogP) is 2.68. The Balaban J connectivity index is 1.82. The van der Waals surface area contributed by atoms with Crippen LogP contribution in [0.3, 0.4) is 0 Å². The summed E-state index contributed by atoms with van der Waals surface area (Å²) in [6.07, 6.45) is 0. The van der Waals surface area contributed by atoms with E-state index in [2.05, 4.69) is 22.0 Å². The Labute approximate surface area is 150 Å². The van der Waals surface area contributed by atoms with Crippen LogP contribution in [0, 0.1) is 6.92 Å². The lowest BCUT2D eigenvalue weighted by atomic mass is 10.2. The zero-order valence-corrected chi connectivity index (χ0v) is 16.1. The first-order valence-corrected chi connectivity index (χ1v) is 9.29. The molecule has 1 aliphatic heterocycles. The van der Waals surface area contributed by atoms with E-state index in [0.29, 0.717) is 31.9 Å². The average molecular weight is 400 g/mol. The van der Waals surface area contributed by atoms with Gasteiger partial charge in [-0.1, -0.05) is 15.9 Å². The van der Waals surface area contributed by atoms with Crippen LogP contribution in [0.4, 0.5) is 4.79 Å². The Morgan fingerprint density at radius 2 is 1.78 bits per heavy atom. The molecule has 0 atom stereocenters. The van der Waals surface area contributed by atoms with Crippen molar-refractivity contribution >= 4 is 39.6 Å². The minimum absolute atomic E-state index is 0.0111. The lowest BCUT2D eigenvalue weighted by molar-refractivity contribution is -0.129. The van der Waals surface area contributed by atoms with Gasteiger partial charge in [0.05, 0.1) is 5.75 Å². The van der Waals surface area contributed by atoms with Gasteiger partial charge in [0.15, 0.2) is 0 Å². The second-order valence-electron chi connectivity index (χ2n) is 5.74. The number of halogens is 1. The van der Waals surface area contributed by atoms with Gasteiger partial charge in [-0.25, -0.2) is 4.79 Å². The minimum Gasteiger partial charge on any atom is -0.338 e. The Morgan fingerprint density at radius 1 is 1.17 bits per heavy atom. The summed E-state index contributed by atoms with van der Waals surface area (Å²) < 4.78 is 1.05. The molecule has 1 fully saturated rings. The first-order valence-electron chi connectivity index (χ1n) is 7.51. The van der Waals surface area contributed by atoms with Gasteiger partial charge in [0.25, 0.3) is 0 Å². The van der Waals surface area contributed by atoms with Crippen LogP contribution in [0.2, 0.25) is 0 Å². The minimum atomic E-state index is 0.0111. The van der Waals surface area contributed by atoms with Crippen molar-refractivity contribution in [3.05, 3.63) is 28.2 Å². The summed E-state index contributed by atoms with van der Waals surface area (Å²) in [5, 5.41) is 0. The molecule has 1 heterocycles. The predicted molar refractivity (Wildman–Crippen MR) is 96.8 cm³/mol. The summed E-state index contributed by atoms with van der Waals surface area (Å²) in [6, 6.07) is 6.09. The smallest absolute Gasteiger partial charge is 0.319 e. The van der Waals surface area contributed by atoms with E-state index in [1.165, 1.54) is 5.56 Å². The standard InChI is InChI=1S/C16H22BrN3O2S/c1-12-10-13(17)4-5-14(12)23-11-15(21)19-6-8-20(9-7-19)16(22)18(2)3/h4-5,10H,6-9,11H2,1-3H3. The molecule has 2 rings (SSSR count). The van der Waals surface area contributed by atoms with Gasteiger partial charge >= 0.3 is 6.03 Å².